The van der Waals surface area contributed by atoms with Crippen LogP contribution in [0.5, 0.6) is 11.5 Å². The number of thioether (sulfide) groups is 1. The second-order valence-corrected chi connectivity index (χ2v) is 6.85. The second-order valence-electron chi connectivity index (χ2n) is 5.86. The Balaban J connectivity index is 1.74. The van der Waals surface area contributed by atoms with Crippen molar-refractivity contribution in [1.82, 2.24) is 4.90 Å². The van der Waals surface area contributed by atoms with Crippen LogP contribution in [0.1, 0.15) is 12.0 Å². The van der Waals surface area contributed by atoms with Crippen molar-refractivity contribution < 1.29 is 33.3 Å². The number of nitrogens with zero attached hydrogens (tertiary/aromatic N) is 1. The molecule has 9 heteroatoms. The molecule has 1 heterocycles. The summed E-state index contributed by atoms with van der Waals surface area (Å²) >= 11 is 1.27. The Morgan fingerprint density at radius 3 is 2.75 bits per heavy atom. The van der Waals surface area contributed by atoms with Crippen LogP contribution >= 0.6 is 11.8 Å². The molecule has 1 amide bonds. The van der Waals surface area contributed by atoms with E-state index in [1.807, 2.05) is 19.1 Å². The molecule has 8 nitrogen and oxygen atoms in total. The molecule has 1 aromatic carbocycles. The molecule has 1 aliphatic heterocycles. The van der Waals surface area contributed by atoms with Crippen LogP contribution in [0.3, 0.4) is 0 Å². The molecule has 152 valence electrons. The summed E-state index contributed by atoms with van der Waals surface area (Å²) in [5, 5.41) is 0.540. The van der Waals surface area contributed by atoms with Crippen LogP contribution in [0, 0.1) is 6.92 Å². The lowest BCUT2D eigenvalue weighted by Gasteiger charge is -2.16. The molecule has 0 saturated carbocycles. The highest BCUT2D eigenvalue weighted by atomic mass is 32.2. The van der Waals surface area contributed by atoms with E-state index in [4.69, 9.17) is 14.2 Å². The van der Waals surface area contributed by atoms with Gasteiger partial charge in [0.25, 0.3) is 0 Å². The zero-order chi connectivity index (χ0) is 20.5. The minimum Gasteiger partial charge on any atom is -0.493 e. The third-order valence-electron chi connectivity index (χ3n) is 3.81. The average molecular weight is 409 g/mol. The smallest absolute Gasteiger partial charge is 0.344 e. The largest absolute Gasteiger partial charge is 0.493 e. The highest BCUT2D eigenvalue weighted by Gasteiger charge is 2.27. The normalized spacial score (nSPS) is 14.9. The molecule has 0 aromatic heterocycles. The topological polar surface area (TPSA) is 91.4 Å². The van der Waals surface area contributed by atoms with Gasteiger partial charge in [-0.05, 0) is 31.0 Å². The van der Waals surface area contributed by atoms with Crippen molar-refractivity contribution in [2.45, 2.75) is 13.3 Å². The minimum absolute atomic E-state index is 0.0960. The van der Waals surface area contributed by atoms with Crippen LogP contribution < -0.4 is 9.47 Å². The molecule has 0 N–H and O–H groups in total. The summed E-state index contributed by atoms with van der Waals surface area (Å²) in [6.07, 6.45) is 1.72. The van der Waals surface area contributed by atoms with Crippen LogP contribution in [0.15, 0.2) is 29.3 Å². The van der Waals surface area contributed by atoms with Crippen molar-refractivity contribution in [1.29, 1.82) is 0 Å². The van der Waals surface area contributed by atoms with Crippen LogP contribution in [-0.4, -0.2) is 62.5 Å². The van der Waals surface area contributed by atoms with Gasteiger partial charge in [0.2, 0.25) is 5.91 Å². The van der Waals surface area contributed by atoms with Gasteiger partial charge in [-0.3, -0.25) is 4.79 Å². The molecule has 1 fully saturated rings. The third-order valence-corrected chi connectivity index (χ3v) is 4.83. The molecule has 0 bridgehead atoms. The maximum absolute atomic E-state index is 11.9. The average Bonchev–Trinajstić information content (AvgIpc) is 3.03. The van der Waals surface area contributed by atoms with Crippen molar-refractivity contribution in [3.63, 3.8) is 0 Å². The summed E-state index contributed by atoms with van der Waals surface area (Å²) in [7, 11) is 2.81. The lowest BCUT2D eigenvalue weighted by Crippen LogP contribution is -2.27. The molecule has 0 atom stereocenters. The molecule has 28 heavy (non-hydrogen) atoms. The maximum atomic E-state index is 11.9. The van der Waals surface area contributed by atoms with Gasteiger partial charge in [-0.1, -0.05) is 17.8 Å². The number of carbonyl (C=O) groups excluding carboxylic acids is 3. The van der Waals surface area contributed by atoms with Crippen molar-refractivity contribution in [3.05, 3.63) is 34.9 Å². The molecule has 0 spiro atoms. The predicted molar refractivity (Wildman–Crippen MR) is 103 cm³/mol. The predicted octanol–water partition coefficient (Wildman–Crippen LogP) is 1.91. The number of ether oxygens (including phenoxy) is 4. The summed E-state index contributed by atoms with van der Waals surface area (Å²) in [5.74, 6) is 0.147. The SMILES string of the molecule is COC(=O)/C=C1/SCC(=O)N1CCCOC(=O)COc1ccc(C)cc1OC. The fraction of sp³-hybridized carbons (Fsp3) is 0.421. The second kappa shape index (κ2) is 10.6. The van der Waals surface area contributed by atoms with Gasteiger partial charge in [-0.2, -0.15) is 0 Å². The fourth-order valence-electron chi connectivity index (χ4n) is 2.41. The van der Waals surface area contributed by atoms with Gasteiger partial charge < -0.3 is 23.8 Å². The number of methoxy groups -OCH3 is 2. The monoisotopic (exact) mass is 409 g/mol. The van der Waals surface area contributed by atoms with E-state index in [9.17, 15) is 14.4 Å². The summed E-state index contributed by atoms with van der Waals surface area (Å²) < 4.78 is 20.4. The third kappa shape index (κ3) is 6.19. The number of carbonyl (C=O) groups is 3. The van der Waals surface area contributed by atoms with E-state index in [0.717, 1.165) is 5.56 Å². The molecular weight excluding hydrogens is 386 g/mol. The van der Waals surface area contributed by atoms with Gasteiger partial charge in [0.15, 0.2) is 18.1 Å². The van der Waals surface area contributed by atoms with Gasteiger partial charge in [0, 0.05) is 6.54 Å². The Hall–Kier alpha value is -2.68. The number of rotatable bonds is 9. The van der Waals surface area contributed by atoms with Gasteiger partial charge in [0.1, 0.15) is 0 Å². The Kier molecular flexibility index (Phi) is 8.19. The van der Waals surface area contributed by atoms with Crippen LogP contribution in [0.4, 0.5) is 0 Å². The Labute approximate surface area is 167 Å². The number of amides is 1. The quantitative estimate of drug-likeness (QED) is 0.347. The van der Waals surface area contributed by atoms with Crippen molar-refractivity contribution in [2.75, 3.05) is 39.7 Å². The fourth-order valence-corrected chi connectivity index (χ4v) is 3.37. The lowest BCUT2D eigenvalue weighted by atomic mass is 10.2. The zero-order valence-corrected chi connectivity index (χ0v) is 16.9. The first-order valence-corrected chi connectivity index (χ1v) is 9.59. The van der Waals surface area contributed by atoms with Crippen LogP contribution in [0.25, 0.3) is 0 Å². The molecule has 0 aliphatic carbocycles. The van der Waals surface area contributed by atoms with E-state index >= 15 is 0 Å². The number of esters is 2. The number of hydrogen-bond acceptors (Lipinski definition) is 8. The number of hydrogen-bond donors (Lipinski definition) is 0. The molecule has 1 aromatic rings. The van der Waals surface area contributed by atoms with E-state index in [1.165, 1.54) is 37.0 Å². The molecule has 0 unspecified atom stereocenters. The summed E-state index contributed by atoms with van der Waals surface area (Å²) in [4.78, 5) is 36.6. The van der Waals surface area contributed by atoms with Gasteiger partial charge >= 0.3 is 11.9 Å². The standard InChI is InChI=1S/C19H23NO7S/c1-13-5-6-14(15(9-13)24-2)27-11-19(23)26-8-4-7-20-16(21)12-28-17(20)10-18(22)25-3/h5-6,9-10H,4,7-8,11-12H2,1-3H3/b17-10+. The van der Waals surface area contributed by atoms with E-state index < -0.39 is 11.9 Å². The first-order valence-electron chi connectivity index (χ1n) is 8.60. The number of benzene rings is 1. The first kappa shape index (κ1) is 21.6. The highest BCUT2D eigenvalue weighted by molar-refractivity contribution is 8.04. The van der Waals surface area contributed by atoms with Gasteiger partial charge in [-0.15, -0.1) is 0 Å². The lowest BCUT2D eigenvalue weighted by molar-refractivity contribution is -0.146. The molecule has 1 aliphatic rings. The minimum atomic E-state index is -0.518. The molecular formula is C19H23NO7S. The van der Waals surface area contributed by atoms with Crippen LogP contribution in [-0.2, 0) is 23.9 Å². The van der Waals surface area contributed by atoms with E-state index in [-0.39, 0.29) is 24.9 Å². The highest BCUT2D eigenvalue weighted by Crippen LogP contribution is 2.29. The Morgan fingerprint density at radius 1 is 1.25 bits per heavy atom. The van der Waals surface area contributed by atoms with E-state index in [1.54, 1.807) is 6.07 Å². The van der Waals surface area contributed by atoms with Gasteiger partial charge in [-0.25, -0.2) is 9.59 Å². The van der Waals surface area contributed by atoms with Crippen molar-refractivity contribution >= 4 is 29.6 Å². The van der Waals surface area contributed by atoms with E-state index in [2.05, 4.69) is 4.74 Å². The molecule has 2 rings (SSSR count). The molecule has 0 radical (unpaired) electrons. The Bertz CT molecular complexity index is 763. The van der Waals surface area contributed by atoms with Crippen molar-refractivity contribution in [3.8, 4) is 11.5 Å². The summed E-state index contributed by atoms with van der Waals surface area (Å²) in [6.45, 7) is 2.16. The summed E-state index contributed by atoms with van der Waals surface area (Å²) in [6, 6.07) is 5.39. The number of aryl methyl sites for hydroxylation is 1. The van der Waals surface area contributed by atoms with Crippen molar-refractivity contribution in [2.24, 2.45) is 0 Å². The molecule has 1 saturated heterocycles. The van der Waals surface area contributed by atoms with E-state index in [0.29, 0.717) is 29.5 Å². The van der Waals surface area contributed by atoms with Crippen LogP contribution in [0.2, 0.25) is 0 Å². The summed E-state index contributed by atoms with van der Waals surface area (Å²) in [5.41, 5.74) is 1.02. The zero-order valence-electron chi connectivity index (χ0n) is 16.1. The first-order chi connectivity index (χ1) is 13.4. The van der Waals surface area contributed by atoms with Gasteiger partial charge in [0.05, 0.1) is 37.7 Å². The maximum Gasteiger partial charge on any atom is 0.344 e. The Morgan fingerprint density at radius 2 is 2.04 bits per heavy atom.